The van der Waals surface area contributed by atoms with Crippen molar-refractivity contribution in [1.29, 1.82) is 0 Å². The van der Waals surface area contributed by atoms with Crippen LogP contribution in [-0.2, 0) is 7.05 Å². The summed E-state index contributed by atoms with van der Waals surface area (Å²) in [6.07, 6.45) is 2.49. The predicted molar refractivity (Wildman–Crippen MR) is 51.9 cm³/mol. The number of rotatable bonds is 2. The molecule has 66 valence electrons. The normalized spacial score (nSPS) is 10.2. The molecule has 0 atom stereocenters. The van der Waals surface area contributed by atoms with Crippen LogP contribution in [0.3, 0.4) is 0 Å². The van der Waals surface area contributed by atoms with E-state index in [1.54, 1.807) is 22.2 Å². The van der Waals surface area contributed by atoms with Crippen LogP contribution in [0, 0.1) is 0 Å². The van der Waals surface area contributed by atoms with E-state index in [9.17, 15) is 4.79 Å². The fourth-order valence-corrected chi connectivity index (χ4v) is 1.91. The topological polar surface area (TPSA) is 34.9 Å². The van der Waals surface area contributed by atoms with Gasteiger partial charge in [0.2, 0.25) is 0 Å². The number of aldehydes is 1. The molecule has 0 radical (unpaired) electrons. The lowest BCUT2D eigenvalue weighted by molar-refractivity contribution is 0.111. The Morgan fingerprint density at radius 2 is 2.46 bits per heavy atom. The van der Waals surface area contributed by atoms with Gasteiger partial charge in [-0.15, -0.1) is 11.3 Å². The van der Waals surface area contributed by atoms with Gasteiger partial charge in [0.15, 0.2) is 6.29 Å². The van der Waals surface area contributed by atoms with Gasteiger partial charge in [-0.3, -0.25) is 4.79 Å². The van der Waals surface area contributed by atoms with Crippen molar-refractivity contribution >= 4 is 17.6 Å². The highest BCUT2D eigenvalue weighted by atomic mass is 32.1. The molecule has 0 saturated heterocycles. The van der Waals surface area contributed by atoms with E-state index in [0.717, 1.165) is 16.9 Å². The Kier molecular flexibility index (Phi) is 1.98. The zero-order valence-corrected chi connectivity index (χ0v) is 7.91. The number of hydrogen-bond donors (Lipinski definition) is 0. The Morgan fingerprint density at radius 1 is 1.62 bits per heavy atom. The van der Waals surface area contributed by atoms with E-state index in [1.165, 1.54) is 0 Å². The van der Waals surface area contributed by atoms with E-state index in [2.05, 4.69) is 4.98 Å². The smallest absolute Gasteiger partial charge is 0.168 e. The Balaban J connectivity index is 2.58. The number of aromatic nitrogens is 2. The first-order valence-corrected chi connectivity index (χ1v) is 4.71. The summed E-state index contributed by atoms with van der Waals surface area (Å²) in [5.74, 6) is 0. The summed E-state index contributed by atoms with van der Waals surface area (Å²) in [4.78, 5) is 15.9. The maximum Gasteiger partial charge on any atom is 0.168 e. The first-order valence-electron chi connectivity index (χ1n) is 3.83. The highest BCUT2D eigenvalue weighted by Crippen LogP contribution is 2.24. The molecule has 0 aliphatic carbocycles. The number of carbonyl (C=O) groups excluding carboxylic acids is 1. The Bertz CT molecular complexity index is 417. The fraction of sp³-hybridized carbons (Fsp3) is 0.111. The van der Waals surface area contributed by atoms with Gasteiger partial charge in [0.25, 0.3) is 0 Å². The molecule has 0 aliphatic rings. The van der Waals surface area contributed by atoms with E-state index in [-0.39, 0.29) is 0 Å². The molecule has 0 fully saturated rings. The lowest BCUT2D eigenvalue weighted by Gasteiger charge is -1.94. The Morgan fingerprint density at radius 3 is 3.08 bits per heavy atom. The second-order valence-electron chi connectivity index (χ2n) is 2.68. The number of aryl methyl sites for hydroxylation is 1. The van der Waals surface area contributed by atoms with Crippen LogP contribution in [-0.4, -0.2) is 15.8 Å². The SMILES string of the molecule is Cn1cnc(-c2cccs2)c1C=O. The Labute approximate surface area is 79.7 Å². The number of thiophene rings is 1. The van der Waals surface area contributed by atoms with Crippen molar-refractivity contribution in [3.05, 3.63) is 29.5 Å². The average molecular weight is 192 g/mol. The molecule has 0 aromatic carbocycles. The van der Waals surface area contributed by atoms with Crippen LogP contribution in [0.5, 0.6) is 0 Å². The molecule has 0 amide bonds. The van der Waals surface area contributed by atoms with Crippen LogP contribution >= 0.6 is 11.3 Å². The molecular formula is C9H8N2OS. The van der Waals surface area contributed by atoms with Crippen LogP contribution < -0.4 is 0 Å². The van der Waals surface area contributed by atoms with Gasteiger partial charge in [-0.2, -0.15) is 0 Å². The second-order valence-corrected chi connectivity index (χ2v) is 3.63. The molecule has 2 aromatic rings. The molecule has 13 heavy (non-hydrogen) atoms. The molecular weight excluding hydrogens is 184 g/mol. The molecule has 0 aliphatic heterocycles. The third-order valence-corrected chi connectivity index (χ3v) is 2.73. The van der Waals surface area contributed by atoms with Gasteiger partial charge in [-0.05, 0) is 11.4 Å². The van der Waals surface area contributed by atoms with Crippen molar-refractivity contribution in [2.24, 2.45) is 7.05 Å². The molecule has 3 nitrogen and oxygen atoms in total. The fourth-order valence-electron chi connectivity index (χ4n) is 1.18. The summed E-state index contributed by atoms with van der Waals surface area (Å²) in [6, 6.07) is 3.91. The van der Waals surface area contributed by atoms with Gasteiger partial charge in [-0.1, -0.05) is 6.07 Å². The van der Waals surface area contributed by atoms with E-state index >= 15 is 0 Å². The monoisotopic (exact) mass is 192 g/mol. The lowest BCUT2D eigenvalue weighted by atomic mass is 10.3. The van der Waals surface area contributed by atoms with Gasteiger partial charge in [0.1, 0.15) is 11.4 Å². The zero-order chi connectivity index (χ0) is 9.26. The minimum absolute atomic E-state index is 0.627. The highest BCUT2D eigenvalue weighted by Gasteiger charge is 2.10. The van der Waals surface area contributed by atoms with Crippen LogP contribution in [0.1, 0.15) is 10.5 Å². The van der Waals surface area contributed by atoms with Gasteiger partial charge >= 0.3 is 0 Å². The summed E-state index contributed by atoms with van der Waals surface area (Å²) >= 11 is 1.58. The van der Waals surface area contributed by atoms with E-state index in [1.807, 2.05) is 24.6 Å². The molecule has 2 aromatic heterocycles. The Hall–Kier alpha value is -1.42. The van der Waals surface area contributed by atoms with Gasteiger partial charge in [0.05, 0.1) is 11.2 Å². The zero-order valence-electron chi connectivity index (χ0n) is 7.10. The van der Waals surface area contributed by atoms with Crippen molar-refractivity contribution in [2.75, 3.05) is 0 Å². The summed E-state index contributed by atoms with van der Waals surface area (Å²) in [5, 5.41) is 1.97. The largest absolute Gasteiger partial charge is 0.331 e. The second kappa shape index (κ2) is 3.14. The van der Waals surface area contributed by atoms with Crippen molar-refractivity contribution in [2.45, 2.75) is 0 Å². The van der Waals surface area contributed by atoms with Crippen LogP contribution in [0.25, 0.3) is 10.6 Å². The average Bonchev–Trinajstić information content (AvgIpc) is 2.71. The number of imidazole rings is 1. The molecule has 2 heterocycles. The molecule has 0 N–H and O–H groups in total. The standard InChI is InChI=1S/C9H8N2OS/c1-11-6-10-9(7(11)5-12)8-3-2-4-13-8/h2-6H,1H3. The van der Waals surface area contributed by atoms with Crippen LogP contribution in [0.2, 0.25) is 0 Å². The maximum absolute atomic E-state index is 10.7. The van der Waals surface area contributed by atoms with Gasteiger partial charge < -0.3 is 4.57 Å². The minimum atomic E-state index is 0.627. The molecule has 0 spiro atoms. The first-order chi connectivity index (χ1) is 6.33. The quantitative estimate of drug-likeness (QED) is 0.682. The van der Waals surface area contributed by atoms with Crippen molar-refractivity contribution in [3.63, 3.8) is 0 Å². The van der Waals surface area contributed by atoms with Crippen molar-refractivity contribution in [1.82, 2.24) is 9.55 Å². The molecule has 0 unspecified atom stereocenters. The van der Waals surface area contributed by atoms with Gasteiger partial charge in [0, 0.05) is 7.05 Å². The number of carbonyl (C=O) groups is 1. The maximum atomic E-state index is 10.7. The summed E-state index contributed by atoms with van der Waals surface area (Å²) in [7, 11) is 1.81. The highest BCUT2D eigenvalue weighted by molar-refractivity contribution is 7.13. The summed E-state index contributed by atoms with van der Waals surface area (Å²) in [6.45, 7) is 0. The van der Waals surface area contributed by atoms with Gasteiger partial charge in [-0.25, -0.2) is 4.98 Å². The molecule has 2 rings (SSSR count). The van der Waals surface area contributed by atoms with Crippen LogP contribution in [0.15, 0.2) is 23.8 Å². The predicted octanol–water partition coefficient (Wildman–Crippen LogP) is 1.96. The van der Waals surface area contributed by atoms with E-state index in [0.29, 0.717) is 5.69 Å². The molecule has 0 bridgehead atoms. The molecule has 0 saturated carbocycles. The van der Waals surface area contributed by atoms with Crippen LogP contribution in [0.4, 0.5) is 0 Å². The summed E-state index contributed by atoms with van der Waals surface area (Å²) < 4.78 is 1.72. The van der Waals surface area contributed by atoms with E-state index in [4.69, 9.17) is 0 Å². The lowest BCUT2D eigenvalue weighted by Crippen LogP contribution is -1.93. The van der Waals surface area contributed by atoms with E-state index < -0.39 is 0 Å². The first kappa shape index (κ1) is 8.19. The molecule has 4 heteroatoms. The number of hydrogen-bond acceptors (Lipinski definition) is 3. The minimum Gasteiger partial charge on any atom is -0.331 e. The third-order valence-electron chi connectivity index (χ3n) is 1.85. The van der Waals surface area contributed by atoms with Crippen molar-refractivity contribution in [3.8, 4) is 10.6 Å². The number of nitrogens with zero attached hydrogens (tertiary/aromatic N) is 2. The third kappa shape index (κ3) is 1.29. The van der Waals surface area contributed by atoms with Crippen molar-refractivity contribution < 1.29 is 4.79 Å². The summed E-state index contributed by atoms with van der Waals surface area (Å²) in [5.41, 5.74) is 1.40.